The number of aromatic nitrogens is 3. The Morgan fingerprint density at radius 1 is 1.04 bits per heavy atom. The molecule has 2 aromatic heterocycles. The van der Waals surface area contributed by atoms with E-state index in [-0.39, 0.29) is 12.4 Å². The lowest BCUT2D eigenvalue weighted by Crippen LogP contribution is -2.10. The van der Waals surface area contributed by atoms with Crippen molar-refractivity contribution in [2.24, 2.45) is 0 Å². The first-order valence-corrected chi connectivity index (χ1v) is 8.21. The van der Waals surface area contributed by atoms with E-state index < -0.39 is 0 Å². The maximum Gasteiger partial charge on any atom is 0.258 e. The maximum atomic E-state index is 5.92. The summed E-state index contributed by atoms with van der Waals surface area (Å²) >= 11 is 0. The van der Waals surface area contributed by atoms with Gasteiger partial charge in [0.25, 0.3) is 5.88 Å². The first-order valence-electron chi connectivity index (χ1n) is 8.21. The fourth-order valence-corrected chi connectivity index (χ4v) is 2.56. The Balaban J connectivity index is 1.81. The summed E-state index contributed by atoms with van der Waals surface area (Å²) in [5.41, 5.74) is 15.4. The predicted octanol–water partition coefficient (Wildman–Crippen LogP) is 2.34. The minimum Gasteiger partial charge on any atom is -0.470 e. The van der Waals surface area contributed by atoms with Gasteiger partial charge in [-0.25, -0.2) is 15.0 Å². The van der Waals surface area contributed by atoms with Crippen LogP contribution >= 0.6 is 0 Å². The number of nitrogens with two attached hydrogens (primary N) is 2. The fraction of sp³-hybridized carbons (Fsp3) is 0.211. The molecule has 1 aromatic carbocycles. The van der Waals surface area contributed by atoms with Crippen LogP contribution in [0.25, 0.3) is 11.3 Å². The molecule has 0 saturated carbocycles. The standard InChI is InChI=1S/C19H22N6O/c1-25(2)11-13-4-3-5-15(8-13)16-10-23-18(21)19(24-16)26-12-14-6-7-22-17(20)9-14/h3-10H,11-12H2,1-2H3,(H2,20,22)(H2,21,23). The van der Waals surface area contributed by atoms with Crippen LogP contribution in [0.2, 0.25) is 0 Å². The number of nitrogens with zero attached hydrogens (tertiary/aromatic N) is 4. The lowest BCUT2D eigenvalue weighted by Gasteiger charge is -2.12. The lowest BCUT2D eigenvalue weighted by molar-refractivity contribution is 0.295. The van der Waals surface area contributed by atoms with Crippen molar-refractivity contribution in [3.63, 3.8) is 0 Å². The highest BCUT2D eigenvalue weighted by Gasteiger charge is 2.09. The first-order chi connectivity index (χ1) is 12.5. The van der Waals surface area contributed by atoms with Crippen LogP contribution in [-0.2, 0) is 13.2 Å². The number of pyridine rings is 1. The van der Waals surface area contributed by atoms with Crippen LogP contribution in [-0.4, -0.2) is 33.9 Å². The van der Waals surface area contributed by atoms with E-state index in [9.17, 15) is 0 Å². The third-order valence-corrected chi connectivity index (χ3v) is 3.71. The van der Waals surface area contributed by atoms with E-state index in [0.717, 1.165) is 17.7 Å². The summed E-state index contributed by atoms with van der Waals surface area (Å²) in [6.45, 7) is 1.14. The van der Waals surface area contributed by atoms with E-state index in [0.29, 0.717) is 17.4 Å². The van der Waals surface area contributed by atoms with Crippen molar-refractivity contribution in [2.45, 2.75) is 13.2 Å². The van der Waals surface area contributed by atoms with Crippen molar-refractivity contribution in [3.05, 3.63) is 59.9 Å². The van der Waals surface area contributed by atoms with E-state index >= 15 is 0 Å². The van der Waals surface area contributed by atoms with Crippen LogP contribution in [0.15, 0.2) is 48.8 Å². The number of hydrogen-bond donors (Lipinski definition) is 2. The van der Waals surface area contributed by atoms with Gasteiger partial charge in [0, 0.05) is 18.3 Å². The molecule has 3 aromatic rings. The highest BCUT2D eigenvalue weighted by molar-refractivity contribution is 5.61. The Bertz CT molecular complexity index is 897. The molecule has 26 heavy (non-hydrogen) atoms. The number of rotatable bonds is 6. The van der Waals surface area contributed by atoms with Crippen molar-refractivity contribution in [1.29, 1.82) is 0 Å². The average Bonchev–Trinajstić information content (AvgIpc) is 2.61. The van der Waals surface area contributed by atoms with Gasteiger partial charge in [0.15, 0.2) is 5.82 Å². The molecular formula is C19H22N6O. The van der Waals surface area contributed by atoms with E-state index in [4.69, 9.17) is 16.2 Å². The van der Waals surface area contributed by atoms with E-state index in [1.54, 1.807) is 18.5 Å². The quantitative estimate of drug-likeness (QED) is 0.703. The van der Waals surface area contributed by atoms with Crippen LogP contribution in [0.4, 0.5) is 11.6 Å². The van der Waals surface area contributed by atoms with Gasteiger partial charge in [0.1, 0.15) is 12.4 Å². The molecule has 0 aliphatic rings. The van der Waals surface area contributed by atoms with Gasteiger partial charge >= 0.3 is 0 Å². The summed E-state index contributed by atoms with van der Waals surface area (Å²) in [6.07, 6.45) is 3.29. The van der Waals surface area contributed by atoms with Crippen LogP contribution in [0.3, 0.4) is 0 Å². The topological polar surface area (TPSA) is 103 Å². The van der Waals surface area contributed by atoms with Gasteiger partial charge < -0.3 is 21.1 Å². The minimum atomic E-state index is 0.250. The summed E-state index contributed by atoms with van der Waals surface area (Å²) in [5, 5.41) is 0. The average molecular weight is 350 g/mol. The molecule has 7 nitrogen and oxygen atoms in total. The van der Waals surface area contributed by atoms with Gasteiger partial charge in [-0.1, -0.05) is 18.2 Å². The lowest BCUT2D eigenvalue weighted by atomic mass is 10.1. The van der Waals surface area contributed by atoms with Crippen molar-refractivity contribution in [2.75, 3.05) is 25.6 Å². The van der Waals surface area contributed by atoms with E-state index in [1.165, 1.54) is 5.56 Å². The van der Waals surface area contributed by atoms with Gasteiger partial charge in [-0.05, 0) is 43.4 Å². The zero-order valence-corrected chi connectivity index (χ0v) is 14.9. The zero-order valence-electron chi connectivity index (χ0n) is 14.9. The molecule has 0 fully saturated rings. The molecule has 0 unspecified atom stereocenters. The predicted molar refractivity (Wildman–Crippen MR) is 102 cm³/mol. The van der Waals surface area contributed by atoms with Gasteiger partial charge in [0.2, 0.25) is 0 Å². The Labute approximate surface area is 152 Å². The second kappa shape index (κ2) is 7.79. The fourth-order valence-electron chi connectivity index (χ4n) is 2.56. The highest BCUT2D eigenvalue weighted by Crippen LogP contribution is 2.24. The Morgan fingerprint density at radius 2 is 1.88 bits per heavy atom. The van der Waals surface area contributed by atoms with Crippen molar-refractivity contribution in [1.82, 2.24) is 19.9 Å². The molecule has 0 aliphatic carbocycles. The zero-order chi connectivity index (χ0) is 18.5. The molecule has 0 spiro atoms. The molecule has 0 amide bonds. The molecule has 4 N–H and O–H groups in total. The van der Waals surface area contributed by atoms with Crippen LogP contribution in [0.1, 0.15) is 11.1 Å². The summed E-state index contributed by atoms with van der Waals surface area (Å²) < 4.78 is 5.74. The number of hydrogen-bond acceptors (Lipinski definition) is 7. The van der Waals surface area contributed by atoms with Crippen molar-refractivity contribution < 1.29 is 4.74 Å². The molecule has 0 radical (unpaired) electrons. The van der Waals surface area contributed by atoms with Gasteiger partial charge in [0.05, 0.1) is 11.9 Å². The molecule has 7 heteroatoms. The van der Waals surface area contributed by atoms with Gasteiger partial charge in [-0.2, -0.15) is 0 Å². The Morgan fingerprint density at radius 3 is 2.65 bits per heavy atom. The molecule has 3 rings (SSSR count). The molecule has 0 aliphatic heterocycles. The Hall–Kier alpha value is -3.19. The summed E-state index contributed by atoms with van der Waals surface area (Å²) in [5.74, 6) is 0.993. The van der Waals surface area contributed by atoms with Crippen LogP contribution < -0.4 is 16.2 Å². The second-order valence-corrected chi connectivity index (χ2v) is 6.26. The largest absolute Gasteiger partial charge is 0.470 e. The monoisotopic (exact) mass is 350 g/mol. The summed E-state index contributed by atoms with van der Waals surface area (Å²) in [4.78, 5) is 14.8. The maximum absolute atomic E-state index is 5.92. The summed E-state index contributed by atoms with van der Waals surface area (Å²) in [7, 11) is 4.07. The van der Waals surface area contributed by atoms with Crippen molar-refractivity contribution in [3.8, 4) is 17.1 Å². The number of nitrogen functional groups attached to an aromatic ring is 2. The van der Waals surface area contributed by atoms with Gasteiger partial charge in [-0.15, -0.1) is 0 Å². The second-order valence-electron chi connectivity index (χ2n) is 6.26. The van der Waals surface area contributed by atoms with E-state index in [1.807, 2.05) is 32.3 Å². The first kappa shape index (κ1) is 17.6. The van der Waals surface area contributed by atoms with Crippen LogP contribution in [0.5, 0.6) is 5.88 Å². The Kier molecular flexibility index (Phi) is 5.28. The molecule has 134 valence electrons. The molecule has 0 atom stereocenters. The third-order valence-electron chi connectivity index (χ3n) is 3.71. The van der Waals surface area contributed by atoms with E-state index in [2.05, 4.69) is 32.0 Å². The van der Waals surface area contributed by atoms with Crippen molar-refractivity contribution >= 4 is 11.6 Å². The highest BCUT2D eigenvalue weighted by atomic mass is 16.5. The number of benzene rings is 1. The molecule has 2 heterocycles. The molecular weight excluding hydrogens is 328 g/mol. The molecule has 0 bridgehead atoms. The third kappa shape index (κ3) is 4.46. The van der Waals surface area contributed by atoms with Crippen LogP contribution in [0, 0.1) is 0 Å². The summed E-state index contributed by atoms with van der Waals surface area (Å²) in [6, 6.07) is 11.7. The number of anilines is 2. The minimum absolute atomic E-state index is 0.250. The van der Waals surface area contributed by atoms with Gasteiger partial charge in [-0.3, -0.25) is 0 Å². The normalized spacial score (nSPS) is 10.9. The smallest absolute Gasteiger partial charge is 0.258 e. The number of ether oxygens (including phenoxy) is 1. The SMILES string of the molecule is CN(C)Cc1cccc(-c2cnc(N)c(OCc3ccnc(N)c3)n2)c1. The molecule has 0 saturated heterocycles.